The monoisotopic (exact) mass is 607 g/mol. The highest BCUT2D eigenvalue weighted by Crippen LogP contribution is 2.30. The van der Waals surface area contributed by atoms with Gasteiger partial charge in [0.25, 0.3) is 0 Å². The van der Waals surface area contributed by atoms with Crippen LogP contribution < -0.4 is 0 Å². The van der Waals surface area contributed by atoms with Crippen molar-refractivity contribution in [2.75, 3.05) is 6.61 Å². The van der Waals surface area contributed by atoms with Gasteiger partial charge in [0.15, 0.2) is 17.5 Å². The number of aromatic nitrogens is 3. The molecule has 0 spiro atoms. The van der Waals surface area contributed by atoms with Gasteiger partial charge in [-0.05, 0) is 55.5 Å². The molecule has 0 bridgehead atoms. The van der Waals surface area contributed by atoms with Crippen molar-refractivity contribution in [3.05, 3.63) is 83.9 Å². The van der Waals surface area contributed by atoms with Crippen molar-refractivity contribution >= 4 is 5.97 Å². The fourth-order valence-electron chi connectivity index (χ4n) is 5.59. The van der Waals surface area contributed by atoms with Crippen LogP contribution in [0.1, 0.15) is 107 Å². The predicted molar refractivity (Wildman–Crippen MR) is 183 cm³/mol. The van der Waals surface area contributed by atoms with Crippen molar-refractivity contribution in [1.29, 1.82) is 0 Å². The second kappa shape index (κ2) is 18.0. The van der Waals surface area contributed by atoms with E-state index in [1.165, 1.54) is 64.2 Å². The van der Waals surface area contributed by atoms with Gasteiger partial charge in [-0.1, -0.05) is 127 Å². The highest BCUT2D eigenvalue weighted by molar-refractivity contribution is 5.90. The van der Waals surface area contributed by atoms with Gasteiger partial charge in [0.05, 0.1) is 17.7 Å². The van der Waals surface area contributed by atoms with Gasteiger partial charge in [-0.3, -0.25) is 0 Å². The molecule has 6 nitrogen and oxygen atoms in total. The molecule has 4 rings (SSSR count). The van der Waals surface area contributed by atoms with Crippen LogP contribution in [0, 0.1) is 12.8 Å². The number of phenolic OH excluding ortho intramolecular Hbond substituents is 1. The molecule has 0 saturated heterocycles. The van der Waals surface area contributed by atoms with Crippen LogP contribution in [0.3, 0.4) is 0 Å². The van der Waals surface area contributed by atoms with Gasteiger partial charge in [0.2, 0.25) is 0 Å². The number of benzene rings is 3. The zero-order valence-corrected chi connectivity index (χ0v) is 27.3. The summed E-state index contributed by atoms with van der Waals surface area (Å²) < 4.78 is 5.86. The van der Waals surface area contributed by atoms with E-state index in [-0.39, 0.29) is 11.7 Å². The Balaban J connectivity index is 1.46. The van der Waals surface area contributed by atoms with Crippen LogP contribution in [0.4, 0.5) is 0 Å². The van der Waals surface area contributed by atoms with Crippen LogP contribution in [0.5, 0.6) is 5.75 Å². The van der Waals surface area contributed by atoms with E-state index in [2.05, 4.69) is 13.8 Å². The van der Waals surface area contributed by atoms with Crippen LogP contribution >= 0.6 is 0 Å². The quantitative estimate of drug-likeness (QED) is 0.0895. The van der Waals surface area contributed by atoms with Gasteiger partial charge in [-0.2, -0.15) is 0 Å². The van der Waals surface area contributed by atoms with Crippen LogP contribution in [0.25, 0.3) is 34.2 Å². The molecule has 0 aliphatic heterocycles. The number of hydrogen-bond donors (Lipinski definition) is 1. The zero-order chi connectivity index (χ0) is 31.9. The molecule has 1 N–H and O–H groups in total. The van der Waals surface area contributed by atoms with E-state index in [1.807, 2.05) is 61.5 Å². The Labute approximate surface area is 269 Å². The molecule has 0 amide bonds. The number of esters is 1. The number of aryl methyl sites for hydroxylation is 1. The minimum atomic E-state index is -0.297. The van der Waals surface area contributed by atoms with Crippen molar-refractivity contribution in [2.45, 2.75) is 97.8 Å². The second-order valence-corrected chi connectivity index (χ2v) is 12.1. The summed E-state index contributed by atoms with van der Waals surface area (Å²) in [6.45, 7) is 6.88. The Morgan fingerprint density at radius 3 is 1.87 bits per heavy atom. The molecule has 45 heavy (non-hydrogen) atoms. The summed E-state index contributed by atoms with van der Waals surface area (Å²) in [5.41, 5.74) is 3.58. The van der Waals surface area contributed by atoms with Gasteiger partial charge < -0.3 is 9.84 Å². The summed E-state index contributed by atoms with van der Waals surface area (Å²) in [6, 6.07) is 22.4. The second-order valence-electron chi connectivity index (χ2n) is 12.1. The van der Waals surface area contributed by atoms with Crippen molar-refractivity contribution < 1.29 is 14.6 Å². The lowest BCUT2D eigenvalue weighted by molar-refractivity contribution is 0.0422. The third-order valence-corrected chi connectivity index (χ3v) is 8.32. The number of carbonyl (C=O) groups is 1. The SMILES string of the molecule is CCCCCCCCC(CCCCCC)COC(=O)c1ccc(-c2nc(-c3ccccc3)nc(-c3ccc(C)cc3O)n2)cc1. The molecule has 0 radical (unpaired) electrons. The molecule has 1 unspecified atom stereocenters. The van der Waals surface area contributed by atoms with Crippen LogP contribution in [0.2, 0.25) is 0 Å². The van der Waals surface area contributed by atoms with Crippen LogP contribution in [-0.2, 0) is 4.74 Å². The Morgan fingerprint density at radius 2 is 1.24 bits per heavy atom. The van der Waals surface area contributed by atoms with E-state index >= 15 is 0 Å². The number of hydrogen-bond acceptors (Lipinski definition) is 6. The Morgan fingerprint density at radius 1 is 0.689 bits per heavy atom. The Bertz CT molecular complexity index is 1470. The third-order valence-electron chi connectivity index (χ3n) is 8.32. The normalized spacial score (nSPS) is 11.8. The smallest absolute Gasteiger partial charge is 0.338 e. The molecule has 4 aromatic rings. The molecule has 1 heterocycles. The van der Waals surface area contributed by atoms with E-state index in [1.54, 1.807) is 18.2 Å². The number of rotatable bonds is 18. The number of ether oxygens (including phenoxy) is 1. The first-order valence-corrected chi connectivity index (χ1v) is 16.9. The lowest BCUT2D eigenvalue weighted by Gasteiger charge is -2.17. The predicted octanol–water partition coefficient (Wildman–Crippen LogP) is 10.4. The number of unbranched alkanes of at least 4 members (excludes halogenated alkanes) is 8. The molecule has 0 fully saturated rings. The number of nitrogens with zero attached hydrogens (tertiary/aromatic N) is 3. The van der Waals surface area contributed by atoms with Gasteiger partial charge in [0, 0.05) is 11.1 Å². The molecule has 0 aliphatic carbocycles. The maximum absolute atomic E-state index is 13.1. The average Bonchev–Trinajstić information content (AvgIpc) is 3.06. The van der Waals surface area contributed by atoms with Crippen LogP contribution in [-0.4, -0.2) is 32.6 Å². The minimum absolute atomic E-state index is 0.115. The summed E-state index contributed by atoms with van der Waals surface area (Å²) in [6.07, 6.45) is 14.8. The first-order chi connectivity index (χ1) is 22.0. The van der Waals surface area contributed by atoms with Crippen molar-refractivity contribution in [2.24, 2.45) is 5.92 Å². The van der Waals surface area contributed by atoms with Crippen molar-refractivity contribution in [3.63, 3.8) is 0 Å². The maximum atomic E-state index is 13.1. The Kier molecular flexibility index (Phi) is 13.6. The first-order valence-electron chi connectivity index (χ1n) is 16.9. The largest absolute Gasteiger partial charge is 0.507 e. The fraction of sp³-hybridized carbons (Fsp3) is 0.436. The standard InChI is InChI=1S/C39H49N3O3/c1-4-6-8-10-11-14-18-30(17-13-9-7-5-2)28-45-39(44)33-24-22-32(23-25-33)37-40-36(31-19-15-12-16-20-31)41-38(42-37)34-26-21-29(3)27-35(34)43/h12,15-16,19-27,30,43H,4-11,13-14,17-18,28H2,1-3H3. The lowest BCUT2D eigenvalue weighted by Crippen LogP contribution is -2.15. The molecule has 0 saturated carbocycles. The molecule has 3 aromatic carbocycles. The Hall–Kier alpha value is -4.06. The molecule has 0 aliphatic rings. The molecule has 238 valence electrons. The fourth-order valence-corrected chi connectivity index (χ4v) is 5.59. The van der Waals surface area contributed by atoms with E-state index < -0.39 is 0 Å². The van der Waals surface area contributed by atoms with Gasteiger partial charge in [-0.25, -0.2) is 19.7 Å². The van der Waals surface area contributed by atoms with Gasteiger partial charge in [0.1, 0.15) is 5.75 Å². The molecule has 6 heteroatoms. The summed E-state index contributed by atoms with van der Waals surface area (Å²) in [7, 11) is 0. The number of carbonyl (C=O) groups excluding carboxylic acids is 1. The summed E-state index contributed by atoms with van der Waals surface area (Å²) in [5, 5.41) is 10.7. The summed E-state index contributed by atoms with van der Waals surface area (Å²) in [5.74, 6) is 1.59. The lowest BCUT2D eigenvalue weighted by atomic mass is 9.95. The highest BCUT2D eigenvalue weighted by Gasteiger charge is 2.17. The minimum Gasteiger partial charge on any atom is -0.507 e. The van der Waals surface area contributed by atoms with Crippen molar-refractivity contribution in [1.82, 2.24) is 15.0 Å². The van der Waals surface area contributed by atoms with Crippen molar-refractivity contribution in [3.8, 4) is 39.9 Å². The molecular weight excluding hydrogens is 558 g/mol. The van der Waals surface area contributed by atoms with Gasteiger partial charge in [-0.15, -0.1) is 0 Å². The zero-order valence-electron chi connectivity index (χ0n) is 27.3. The summed E-state index contributed by atoms with van der Waals surface area (Å²) >= 11 is 0. The third kappa shape index (κ3) is 10.5. The molecule has 1 atom stereocenters. The topological polar surface area (TPSA) is 85.2 Å². The summed E-state index contributed by atoms with van der Waals surface area (Å²) in [4.78, 5) is 27.2. The van der Waals surface area contributed by atoms with E-state index in [0.717, 1.165) is 29.5 Å². The van der Waals surface area contributed by atoms with E-state index in [4.69, 9.17) is 19.7 Å². The van der Waals surface area contributed by atoms with E-state index in [9.17, 15) is 9.90 Å². The maximum Gasteiger partial charge on any atom is 0.338 e. The number of phenols is 1. The first kappa shape index (κ1) is 33.8. The van der Waals surface area contributed by atoms with Gasteiger partial charge >= 0.3 is 5.97 Å². The number of aromatic hydroxyl groups is 1. The van der Waals surface area contributed by atoms with E-state index in [0.29, 0.717) is 41.1 Å². The van der Waals surface area contributed by atoms with Crippen LogP contribution in [0.15, 0.2) is 72.8 Å². The molecular formula is C39H49N3O3. The highest BCUT2D eigenvalue weighted by atomic mass is 16.5. The average molecular weight is 608 g/mol. The molecule has 1 aromatic heterocycles.